The number of aromatic nitrogens is 1. The molecular weight excluding hydrogens is 370 g/mol. The van der Waals surface area contributed by atoms with E-state index in [0.717, 1.165) is 36.2 Å². The Balaban J connectivity index is 1.92. The molecule has 0 radical (unpaired) electrons. The van der Waals surface area contributed by atoms with Gasteiger partial charge >= 0.3 is 0 Å². The maximum absolute atomic E-state index is 13.3. The summed E-state index contributed by atoms with van der Waals surface area (Å²) in [4.78, 5) is 15.2. The molecule has 1 saturated heterocycles. The van der Waals surface area contributed by atoms with E-state index in [-0.39, 0.29) is 10.1 Å². The number of carbonyl (C=O) groups excluding carboxylic acids is 1. The molecule has 1 unspecified atom stereocenters. The average molecular weight is 394 g/mol. The summed E-state index contributed by atoms with van der Waals surface area (Å²) >= 11 is 1.000. The van der Waals surface area contributed by atoms with Gasteiger partial charge in [0.2, 0.25) is 5.91 Å². The van der Waals surface area contributed by atoms with Crippen LogP contribution in [0, 0.1) is 0 Å². The maximum Gasteiger partial charge on any atom is 0.254 e. The number of amides is 1. The minimum Gasteiger partial charge on any atom is -0.302 e. The number of nitrogens with one attached hydrogen (secondary N) is 1. The van der Waals surface area contributed by atoms with Crippen molar-refractivity contribution in [3.63, 3.8) is 0 Å². The molecule has 3 rings (SSSR count). The lowest BCUT2D eigenvalue weighted by Gasteiger charge is -2.37. The van der Waals surface area contributed by atoms with E-state index in [1.165, 1.54) is 13.1 Å². The average Bonchev–Trinajstić information content (AvgIpc) is 3.23. The molecule has 140 valence electrons. The second-order valence-corrected chi connectivity index (χ2v) is 9.71. The van der Waals surface area contributed by atoms with Crippen molar-refractivity contribution in [1.82, 2.24) is 9.29 Å². The molecule has 1 amide bonds. The van der Waals surface area contributed by atoms with Gasteiger partial charge in [-0.3, -0.25) is 4.79 Å². The van der Waals surface area contributed by atoms with Gasteiger partial charge in [0.15, 0.2) is 9.34 Å². The van der Waals surface area contributed by atoms with Gasteiger partial charge in [0.1, 0.15) is 0 Å². The van der Waals surface area contributed by atoms with Crippen LogP contribution < -0.4 is 5.32 Å². The van der Waals surface area contributed by atoms with Crippen molar-refractivity contribution in [2.75, 3.05) is 11.9 Å². The first kappa shape index (κ1) is 19.0. The fraction of sp³-hybridized carbons (Fsp3) is 0.444. The first-order valence-electron chi connectivity index (χ1n) is 8.67. The molecule has 26 heavy (non-hydrogen) atoms. The van der Waals surface area contributed by atoms with E-state index < -0.39 is 15.6 Å². The summed E-state index contributed by atoms with van der Waals surface area (Å²) in [6.07, 6.45) is 4.47. The van der Waals surface area contributed by atoms with Gasteiger partial charge in [-0.15, -0.1) is 0 Å². The minimum absolute atomic E-state index is 0.175. The number of benzene rings is 1. The highest BCUT2D eigenvalue weighted by Gasteiger charge is 2.47. The molecule has 0 aliphatic carbocycles. The molecule has 1 aromatic heterocycles. The zero-order chi connectivity index (χ0) is 18.8. The molecular formula is C18H23N3O3S2. The predicted molar refractivity (Wildman–Crippen MR) is 103 cm³/mol. The number of hydrogen-bond donors (Lipinski definition) is 1. The lowest BCUT2D eigenvalue weighted by atomic mass is 9.87. The van der Waals surface area contributed by atoms with Crippen LogP contribution >= 0.6 is 11.3 Å². The Kier molecular flexibility index (Phi) is 5.45. The van der Waals surface area contributed by atoms with E-state index in [9.17, 15) is 13.2 Å². The van der Waals surface area contributed by atoms with Gasteiger partial charge in [-0.25, -0.2) is 13.4 Å². The minimum atomic E-state index is -3.66. The predicted octanol–water partition coefficient (Wildman–Crippen LogP) is 3.28. The Morgan fingerprint density at radius 3 is 2.73 bits per heavy atom. The van der Waals surface area contributed by atoms with Crippen molar-refractivity contribution in [2.24, 2.45) is 0 Å². The fourth-order valence-corrected chi connectivity index (χ4v) is 6.71. The number of rotatable bonds is 6. The third kappa shape index (κ3) is 3.67. The van der Waals surface area contributed by atoms with Crippen molar-refractivity contribution in [3.8, 4) is 0 Å². The first-order valence-corrected chi connectivity index (χ1v) is 10.9. The number of nitrogens with zero attached hydrogens (tertiary/aromatic N) is 2. The smallest absolute Gasteiger partial charge is 0.254 e. The van der Waals surface area contributed by atoms with Crippen LogP contribution in [0.4, 0.5) is 5.13 Å². The molecule has 6 nitrogen and oxygen atoms in total. The Morgan fingerprint density at radius 1 is 1.35 bits per heavy atom. The summed E-state index contributed by atoms with van der Waals surface area (Å²) in [6, 6.07) is 10.0. The molecule has 0 spiro atoms. The van der Waals surface area contributed by atoms with Gasteiger partial charge in [-0.2, -0.15) is 4.31 Å². The van der Waals surface area contributed by atoms with Crippen LogP contribution in [0.2, 0.25) is 0 Å². The normalized spacial score (nSPS) is 21.0. The number of carbonyl (C=O) groups is 1. The highest BCUT2D eigenvalue weighted by Crippen LogP contribution is 2.41. The molecule has 1 atom stereocenters. The van der Waals surface area contributed by atoms with Crippen LogP contribution in [0.5, 0.6) is 0 Å². The summed E-state index contributed by atoms with van der Waals surface area (Å²) in [7, 11) is -3.66. The Morgan fingerprint density at radius 2 is 2.08 bits per heavy atom. The third-order valence-electron chi connectivity index (χ3n) is 4.88. The van der Waals surface area contributed by atoms with Gasteiger partial charge in [0.25, 0.3) is 10.0 Å². The molecule has 2 heterocycles. The molecule has 1 N–H and O–H groups in total. The van der Waals surface area contributed by atoms with Gasteiger partial charge in [0.05, 0.1) is 6.20 Å². The number of anilines is 1. The highest BCUT2D eigenvalue weighted by atomic mass is 32.2. The quantitative estimate of drug-likeness (QED) is 0.817. The summed E-state index contributed by atoms with van der Waals surface area (Å²) in [5.41, 5.74) is 0.720. The zero-order valence-corrected chi connectivity index (χ0v) is 16.6. The molecule has 1 fully saturated rings. The van der Waals surface area contributed by atoms with Crippen LogP contribution in [0.15, 0.2) is 40.7 Å². The Labute approximate surface area is 158 Å². The van der Waals surface area contributed by atoms with Crippen LogP contribution in [0.3, 0.4) is 0 Å². The van der Waals surface area contributed by atoms with Crippen molar-refractivity contribution < 1.29 is 13.2 Å². The molecule has 1 aliphatic heterocycles. The first-order chi connectivity index (χ1) is 12.4. The third-order valence-corrected chi connectivity index (χ3v) is 8.23. The highest BCUT2D eigenvalue weighted by molar-refractivity contribution is 7.91. The summed E-state index contributed by atoms with van der Waals surface area (Å²) < 4.78 is 28.4. The van der Waals surface area contributed by atoms with Gasteiger partial charge < -0.3 is 5.32 Å². The van der Waals surface area contributed by atoms with Crippen molar-refractivity contribution in [2.45, 2.75) is 49.3 Å². The monoisotopic (exact) mass is 393 g/mol. The summed E-state index contributed by atoms with van der Waals surface area (Å²) in [5, 5.41) is 2.85. The SMILES string of the molecule is CCC1(Cc2ccccc2)CCCN1S(=O)(=O)c1cnc(NC(C)=O)s1. The van der Waals surface area contributed by atoms with E-state index in [2.05, 4.69) is 10.3 Å². The molecule has 0 saturated carbocycles. The van der Waals surface area contributed by atoms with Crippen molar-refractivity contribution in [1.29, 1.82) is 0 Å². The molecule has 2 aromatic rings. The summed E-state index contributed by atoms with van der Waals surface area (Å²) in [6.45, 7) is 3.93. The lowest BCUT2D eigenvalue weighted by Crippen LogP contribution is -2.48. The van der Waals surface area contributed by atoms with Crippen LogP contribution in [-0.4, -0.2) is 35.7 Å². The molecule has 0 bridgehead atoms. The number of thiazole rings is 1. The Hall–Kier alpha value is -1.77. The zero-order valence-electron chi connectivity index (χ0n) is 14.9. The topological polar surface area (TPSA) is 79.4 Å². The van der Waals surface area contributed by atoms with Gasteiger partial charge in [-0.05, 0) is 31.2 Å². The second-order valence-electron chi connectivity index (χ2n) is 6.59. The molecule has 1 aliphatic rings. The van der Waals surface area contributed by atoms with Gasteiger partial charge in [0, 0.05) is 19.0 Å². The standard InChI is InChI=1S/C18H23N3O3S2/c1-3-18(12-15-8-5-4-6-9-15)10-7-11-21(18)26(23,24)16-13-19-17(25-16)20-14(2)22/h4-6,8-9,13H,3,7,10-12H2,1-2H3,(H,19,20,22). The molecule has 1 aromatic carbocycles. The summed E-state index contributed by atoms with van der Waals surface area (Å²) in [5.74, 6) is -0.267. The van der Waals surface area contributed by atoms with E-state index in [1.807, 2.05) is 37.3 Å². The number of hydrogen-bond acceptors (Lipinski definition) is 5. The van der Waals surface area contributed by atoms with E-state index in [0.29, 0.717) is 18.1 Å². The second kappa shape index (κ2) is 7.46. The maximum atomic E-state index is 13.3. The molecule has 8 heteroatoms. The largest absolute Gasteiger partial charge is 0.302 e. The van der Waals surface area contributed by atoms with E-state index in [1.54, 1.807) is 4.31 Å². The van der Waals surface area contributed by atoms with Crippen LogP contribution in [0.1, 0.15) is 38.7 Å². The van der Waals surface area contributed by atoms with Crippen molar-refractivity contribution in [3.05, 3.63) is 42.1 Å². The fourth-order valence-electron chi connectivity index (χ4n) is 3.61. The number of sulfonamides is 1. The van der Waals surface area contributed by atoms with E-state index in [4.69, 9.17) is 0 Å². The van der Waals surface area contributed by atoms with Crippen LogP contribution in [0.25, 0.3) is 0 Å². The van der Waals surface area contributed by atoms with Crippen molar-refractivity contribution >= 4 is 32.4 Å². The van der Waals surface area contributed by atoms with E-state index >= 15 is 0 Å². The van der Waals surface area contributed by atoms with Gasteiger partial charge in [-0.1, -0.05) is 48.6 Å². The van der Waals surface area contributed by atoms with Crippen LogP contribution in [-0.2, 0) is 21.2 Å². The Bertz CT molecular complexity index is 880. The lowest BCUT2D eigenvalue weighted by molar-refractivity contribution is -0.114.